The first-order chi connectivity index (χ1) is 15.7. The first kappa shape index (κ1) is 25.6. The Hall–Kier alpha value is -1.97. The van der Waals surface area contributed by atoms with Crippen LogP contribution in [0.3, 0.4) is 0 Å². The van der Waals surface area contributed by atoms with Gasteiger partial charge in [0.15, 0.2) is 0 Å². The van der Waals surface area contributed by atoms with E-state index in [1.807, 2.05) is 49.6 Å². The van der Waals surface area contributed by atoms with Crippen LogP contribution in [0.5, 0.6) is 0 Å². The summed E-state index contributed by atoms with van der Waals surface area (Å²) in [4.78, 5) is 31.6. The van der Waals surface area contributed by atoms with Gasteiger partial charge < -0.3 is 9.80 Å². The third-order valence-electron chi connectivity index (χ3n) is 6.91. The van der Waals surface area contributed by atoms with Gasteiger partial charge in [-0.2, -0.15) is 4.31 Å². The van der Waals surface area contributed by atoms with E-state index in [1.54, 1.807) is 6.07 Å². The van der Waals surface area contributed by atoms with Gasteiger partial charge in [-0.05, 0) is 52.2 Å². The molecule has 1 aromatic carbocycles. The number of carbonyl (C=O) groups is 2. The van der Waals surface area contributed by atoms with Gasteiger partial charge in [0.2, 0.25) is 21.8 Å². The number of likely N-dealkylation sites (N-methyl/N-ethyl adjacent to an activating group) is 1. The summed E-state index contributed by atoms with van der Waals surface area (Å²) in [5.74, 6) is 0.116. The molecule has 2 aliphatic rings. The molecule has 2 aliphatic heterocycles. The van der Waals surface area contributed by atoms with Crippen LogP contribution >= 0.6 is 0 Å². The SMILES string of the molecule is CCN(CC)C(=O)CN1CCN(C(=O)C2CCN(S(=O)(=O)c3ccc(C)cc3C)CC2)CC1. The maximum Gasteiger partial charge on any atom is 0.243 e. The van der Waals surface area contributed by atoms with Gasteiger partial charge in [0.25, 0.3) is 0 Å². The summed E-state index contributed by atoms with van der Waals surface area (Å²) >= 11 is 0. The molecule has 0 radical (unpaired) electrons. The highest BCUT2D eigenvalue weighted by atomic mass is 32.2. The number of nitrogens with zero attached hydrogens (tertiary/aromatic N) is 4. The molecule has 2 heterocycles. The molecular formula is C24H38N4O4S. The number of piperazine rings is 1. The number of hydrogen-bond acceptors (Lipinski definition) is 5. The van der Waals surface area contributed by atoms with Crippen LogP contribution < -0.4 is 0 Å². The van der Waals surface area contributed by atoms with Crippen molar-refractivity contribution in [3.63, 3.8) is 0 Å². The van der Waals surface area contributed by atoms with E-state index in [0.717, 1.165) is 11.1 Å². The fourth-order valence-corrected chi connectivity index (χ4v) is 6.50. The molecule has 0 bridgehead atoms. The lowest BCUT2D eigenvalue weighted by Crippen LogP contribution is -2.53. The Morgan fingerprint density at radius 3 is 2.12 bits per heavy atom. The van der Waals surface area contributed by atoms with E-state index < -0.39 is 10.0 Å². The zero-order valence-corrected chi connectivity index (χ0v) is 21.2. The third kappa shape index (κ3) is 5.94. The minimum absolute atomic E-state index is 0.119. The second-order valence-corrected chi connectivity index (χ2v) is 11.0. The van der Waals surface area contributed by atoms with Crippen molar-refractivity contribution in [2.24, 2.45) is 5.92 Å². The molecule has 0 saturated carbocycles. The zero-order chi connectivity index (χ0) is 24.2. The number of aryl methyl sites for hydroxylation is 2. The average Bonchev–Trinajstić information content (AvgIpc) is 2.80. The number of sulfonamides is 1. The van der Waals surface area contributed by atoms with Gasteiger partial charge in [-0.3, -0.25) is 14.5 Å². The second kappa shape index (κ2) is 11.0. The molecule has 0 atom stereocenters. The fourth-order valence-electron chi connectivity index (χ4n) is 4.82. The van der Waals surface area contributed by atoms with E-state index in [1.165, 1.54) is 4.31 Å². The van der Waals surface area contributed by atoms with Gasteiger partial charge in [-0.25, -0.2) is 8.42 Å². The van der Waals surface area contributed by atoms with Crippen molar-refractivity contribution in [2.75, 3.05) is 58.9 Å². The smallest absolute Gasteiger partial charge is 0.243 e. The summed E-state index contributed by atoms with van der Waals surface area (Å²) in [7, 11) is -3.55. The molecule has 1 aromatic rings. The van der Waals surface area contributed by atoms with Gasteiger partial charge in [-0.15, -0.1) is 0 Å². The van der Waals surface area contributed by atoms with E-state index in [9.17, 15) is 18.0 Å². The van der Waals surface area contributed by atoms with Crippen LogP contribution in [-0.2, 0) is 19.6 Å². The molecule has 33 heavy (non-hydrogen) atoms. The first-order valence-corrected chi connectivity index (χ1v) is 13.5. The highest BCUT2D eigenvalue weighted by molar-refractivity contribution is 7.89. The van der Waals surface area contributed by atoms with Gasteiger partial charge in [-0.1, -0.05) is 17.7 Å². The zero-order valence-electron chi connectivity index (χ0n) is 20.4. The molecule has 0 aromatic heterocycles. The van der Waals surface area contributed by atoms with E-state index in [4.69, 9.17) is 0 Å². The molecule has 0 N–H and O–H groups in total. The van der Waals surface area contributed by atoms with E-state index in [2.05, 4.69) is 4.90 Å². The van der Waals surface area contributed by atoms with Crippen molar-refractivity contribution in [3.05, 3.63) is 29.3 Å². The maximum atomic E-state index is 13.1. The summed E-state index contributed by atoms with van der Waals surface area (Å²) in [5, 5.41) is 0. The Labute approximate surface area is 198 Å². The minimum atomic E-state index is -3.55. The molecule has 0 spiro atoms. The lowest BCUT2D eigenvalue weighted by molar-refractivity contribution is -0.139. The molecule has 2 fully saturated rings. The molecule has 0 unspecified atom stereocenters. The summed E-state index contributed by atoms with van der Waals surface area (Å²) in [6.45, 7) is 12.9. The maximum absolute atomic E-state index is 13.1. The van der Waals surface area contributed by atoms with E-state index in [0.29, 0.717) is 76.6 Å². The van der Waals surface area contributed by atoms with Crippen molar-refractivity contribution in [2.45, 2.75) is 45.4 Å². The molecule has 0 aliphatic carbocycles. The standard InChI is InChI=1S/C24H38N4O4S/c1-5-26(6-2)23(29)18-25-13-15-27(16-14-25)24(30)21-9-11-28(12-10-21)33(31,32)22-8-7-19(3)17-20(22)4/h7-8,17,21H,5-6,9-16,18H2,1-4H3. The monoisotopic (exact) mass is 478 g/mol. The Morgan fingerprint density at radius 1 is 0.970 bits per heavy atom. The lowest BCUT2D eigenvalue weighted by atomic mass is 9.96. The predicted molar refractivity (Wildman–Crippen MR) is 128 cm³/mol. The van der Waals surface area contributed by atoms with Crippen LogP contribution in [0.4, 0.5) is 0 Å². The third-order valence-corrected chi connectivity index (χ3v) is 8.97. The Morgan fingerprint density at radius 2 is 1.58 bits per heavy atom. The largest absolute Gasteiger partial charge is 0.342 e. The molecule has 8 nitrogen and oxygen atoms in total. The predicted octanol–water partition coefficient (Wildman–Crippen LogP) is 1.72. The highest BCUT2D eigenvalue weighted by Gasteiger charge is 2.35. The Bertz CT molecular complexity index is 945. The number of piperidine rings is 1. The van der Waals surface area contributed by atoms with E-state index in [-0.39, 0.29) is 17.7 Å². The van der Waals surface area contributed by atoms with Crippen molar-refractivity contribution in [3.8, 4) is 0 Å². The lowest BCUT2D eigenvalue weighted by Gasteiger charge is -2.38. The summed E-state index contributed by atoms with van der Waals surface area (Å²) in [5.41, 5.74) is 1.79. The van der Waals surface area contributed by atoms with E-state index >= 15 is 0 Å². The average molecular weight is 479 g/mol. The Kier molecular flexibility index (Phi) is 8.53. The van der Waals surface area contributed by atoms with Crippen LogP contribution in [0.15, 0.2) is 23.1 Å². The van der Waals surface area contributed by atoms with Gasteiger partial charge in [0, 0.05) is 58.3 Å². The molecule has 3 rings (SSSR count). The normalized spacial score (nSPS) is 19.0. The number of rotatable bonds is 7. The van der Waals surface area contributed by atoms with Crippen LogP contribution in [0, 0.1) is 19.8 Å². The van der Waals surface area contributed by atoms with Crippen LogP contribution in [0.1, 0.15) is 37.8 Å². The Balaban J connectivity index is 1.50. The second-order valence-electron chi connectivity index (χ2n) is 9.11. The number of benzene rings is 1. The summed E-state index contributed by atoms with van der Waals surface area (Å²) in [6.07, 6.45) is 1.09. The fraction of sp³-hybridized carbons (Fsp3) is 0.667. The van der Waals surface area contributed by atoms with Gasteiger partial charge in [0.1, 0.15) is 0 Å². The quantitative estimate of drug-likeness (QED) is 0.596. The minimum Gasteiger partial charge on any atom is -0.342 e. The molecular weight excluding hydrogens is 440 g/mol. The molecule has 2 saturated heterocycles. The van der Waals surface area contributed by atoms with Crippen LogP contribution in [0.2, 0.25) is 0 Å². The number of hydrogen-bond donors (Lipinski definition) is 0. The molecule has 2 amide bonds. The summed E-state index contributed by atoms with van der Waals surface area (Å²) in [6, 6.07) is 5.39. The van der Waals surface area contributed by atoms with Crippen LogP contribution in [-0.4, -0.2) is 98.1 Å². The molecule has 9 heteroatoms. The van der Waals surface area contributed by atoms with Crippen molar-refractivity contribution in [1.29, 1.82) is 0 Å². The number of carbonyl (C=O) groups excluding carboxylic acids is 2. The van der Waals surface area contributed by atoms with Crippen molar-refractivity contribution >= 4 is 21.8 Å². The van der Waals surface area contributed by atoms with Crippen molar-refractivity contribution in [1.82, 2.24) is 19.0 Å². The van der Waals surface area contributed by atoms with Gasteiger partial charge in [0.05, 0.1) is 11.4 Å². The summed E-state index contributed by atoms with van der Waals surface area (Å²) < 4.78 is 27.7. The van der Waals surface area contributed by atoms with Crippen molar-refractivity contribution < 1.29 is 18.0 Å². The highest BCUT2D eigenvalue weighted by Crippen LogP contribution is 2.27. The molecule has 184 valence electrons. The van der Waals surface area contributed by atoms with Gasteiger partial charge >= 0.3 is 0 Å². The topological polar surface area (TPSA) is 81.2 Å². The first-order valence-electron chi connectivity index (χ1n) is 12.0. The number of amides is 2. The van der Waals surface area contributed by atoms with Crippen LogP contribution in [0.25, 0.3) is 0 Å².